The fourth-order valence-electron chi connectivity index (χ4n) is 0.815. The molecule has 1 atom stereocenters. The summed E-state index contributed by atoms with van der Waals surface area (Å²) in [5.41, 5.74) is 0. The van der Waals surface area contributed by atoms with Gasteiger partial charge in [-0.05, 0) is 0 Å². The first-order chi connectivity index (χ1) is 5.63. The van der Waals surface area contributed by atoms with Crippen LogP contribution in [0.1, 0.15) is 6.42 Å². The fourth-order valence-corrected chi connectivity index (χ4v) is 0.878. The van der Waals surface area contributed by atoms with E-state index in [-0.39, 0.29) is 12.3 Å². The maximum Gasteiger partial charge on any atom is 0.321 e. The highest BCUT2D eigenvalue weighted by Crippen LogP contribution is 2.06. The van der Waals surface area contributed by atoms with Crippen molar-refractivity contribution in [3.8, 4) is 0 Å². The number of ether oxygens (including phenoxy) is 1. The lowest BCUT2D eigenvalue weighted by Gasteiger charge is -2.05. The molecule has 1 N–H and O–H groups in total. The lowest BCUT2D eigenvalue weighted by atomic mass is 10.3. The number of imide groups is 1. The standard InChI is InChI=1S/C6H6ClNO4/c7-2-5(10)12-3-1-4(9)8-6(3)11/h3H,1-2H2,(H,8,9,11). The molecule has 66 valence electrons. The molecule has 1 heterocycles. The number of rotatable bonds is 2. The molecular weight excluding hydrogens is 186 g/mol. The zero-order valence-electron chi connectivity index (χ0n) is 6.00. The molecule has 2 amide bonds. The molecule has 6 heteroatoms. The van der Waals surface area contributed by atoms with Crippen molar-refractivity contribution >= 4 is 29.4 Å². The average molecular weight is 192 g/mol. The van der Waals surface area contributed by atoms with Crippen molar-refractivity contribution in [2.24, 2.45) is 0 Å². The van der Waals surface area contributed by atoms with Gasteiger partial charge in [0.2, 0.25) is 5.91 Å². The zero-order chi connectivity index (χ0) is 9.14. The van der Waals surface area contributed by atoms with Crippen molar-refractivity contribution < 1.29 is 19.1 Å². The van der Waals surface area contributed by atoms with Crippen LogP contribution in [0, 0.1) is 0 Å². The van der Waals surface area contributed by atoms with Crippen LogP contribution in [-0.4, -0.2) is 29.8 Å². The summed E-state index contributed by atoms with van der Waals surface area (Å²) < 4.78 is 4.54. The Balaban J connectivity index is 2.48. The molecule has 1 saturated heterocycles. The fraction of sp³-hybridized carbons (Fsp3) is 0.500. The number of halogens is 1. The largest absolute Gasteiger partial charge is 0.451 e. The number of carbonyl (C=O) groups excluding carboxylic acids is 3. The molecule has 0 spiro atoms. The van der Waals surface area contributed by atoms with E-state index in [2.05, 4.69) is 4.74 Å². The number of hydrogen-bond acceptors (Lipinski definition) is 4. The highest BCUT2D eigenvalue weighted by atomic mass is 35.5. The lowest BCUT2D eigenvalue weighted by Crippen LogP contribution is -2.28. The van der Waals surface area contributed by atoms with E-state index in [1.807, 2.05) is 5.32 Å². The van der Waals surface area contributed by atoms with Gasteiger partial charge in [0.25, 0.3) is 5.91 Å². The predicted octanol–water partition coefficient (Wildman–Crippen LogP) is -0.817. The van der Waals surface area contributed by atoms with E-state index in [1.165, 1.54) is 0 Å². The maximum absolute atomic E-state index is 10.8. The van der Waals surface area contributed by atoms with Crippen LogP contribution in [0.5, 0.6) is 0 Å². The van der Waals surface area contributed by atoms with Gasteiger partial charge in [0, 0.05) is 0 Å². The molecule has 0 aliphatic carbocycles. The van der Waals surface area contributed by atoms with Gasteiger partial charge in [-0.15, -0.1) is 11.6 Å². The molecular formula is C6H6ClNO4. The van der Waals surface area contributed by atoms with Crippen molar-refractivity contribution in [1.82, 2.24) is 5.32 Å². The molecule has 0 aromatic carbocycles. The van der Waals surface area contributed by atoms with Gasteiger partial charge in [-0.2, -0.15) is 0 Å². The highest BCUT2D eigenvalue weighted by molar-refractivity contribution is 6.26. The Morgan fingerprint density at radius 1 is 1.67 bits per heavy atom. The topological polar surface area (TPSA) is 72.5 Å². The van der Waals surface area contributed by atoms with Crippen molar-refractivity contribution in [3.05, 3.63) is 0 Å². The summed E-state index contributed by atoms with van der Waals surface area (Å²) in [5.74, 6) is -2.05. The molecule has 0 radical (unpaired) electrons. The maximum atomic E-state index is 10.8. The molecule has 0 aromatic rings. The summed E-state index contributed by atoms with van der Waals surface area (Å²) >= 11 is 5.12. The molecule has 1 aliphatic rings. The number of nitrogens with one attached hydrogen (secondary N) is 1. The van der Waals surface area contributed by atoms with Crippen LogP contribution >= 0.6 is 11.6 Å². The Labute approximate surface area is 73.0 Å². The first-order valence-corrected chi connectivity index (χ1v) is 3.76. The van der Waals surface area contributed by atoms with Crippen LogP contribution in [0.15, 0.2) is 0 Å². The molecule has 1 aliphatic heterocycles. The number of carbonyl (C=O) groups is 3. The molecule has 1 unspecified atom stereocenters. The minimum absolute atomic E-state index is 0.110. The highest BCUT2D eigenvalue weighted by Gasteiger charge is 2.33. The van der Waals surface area contributed by atoms with Crippen LogP contribution in [0.2, 0.25) is 0 Å². The van der Waals surface area contributed by atoms with Gasteiger partial charge in [0.05, 0.1) is 6.42 Å². The summed E-state index contributed by atoms with van der Waals surface area (Å²) in [6, 6.07) is 0. The molecule has 1 fully saturated rings. The van der Waals surface area contributed by atoms with Gasteiger partial charge >= 0.3 is 5.97 Å². The van der Waals surface area contributed by atoms with Crippen molar-refractivity contribution in [2.45, 2.75) is 12.5 Å². The van der Waals surface area contributed by atoms with Gasteiger partial charge in [0.1, 0.15) is 5.88 Å². The molecule has 0 bridgehead atoms. The van der Waals surface area contributed by atoms with Gasteiger partial charge in [-0.25, -0.2) is 0 Å². The normalized spacial score (nSPS) is 22.2. The number of hydrogen-bond donors (Lipinski definition) is 1. The number of amides is 2. The Bertz CT molecular complexity index is 240. The Morgan fingerprint density at radius 3 is 2.75 bits per heavy atom. The van der Waals surface area contributed by atoms with Crippen molar-refractivity contribution in [2.75, 3.05) is 5.88 Å². The smallest absolute Gasteiger partial charge is 0.321 e. The third kappa shape index (κ3) is 1.94. The van der Waals surface area contributed by atoms with E-state index >= 15 is 0 Å². The minimum atomic E-state index is -0.997. The third-order valence-electron chi connectivity index (χ3n) is 1.31. The van der Waals surface area contributed by atoms with Crippen LogP contribution in [-0.2, 0) is 19.1 Å². The van der Waals surface area contributed by atoms with Crippen molar-refractivity contribution in [1.29, 1.82) is 0 Å². The van der Waals surface area contributed by atoms with E-state index in [0.29, 0.717) is 0 Å². The number of esters is 1. The Kier molecular flexibility index (Phi) is 2.65. The lowest BCUT2D eigenvalue weighted by molar-refractivity contribution is -0.151. The van der Waals surface area contributed by atoms with E-state index in [4.69, 9.17) is 11.6 Å². The predicted molar refractivity (Wildman–Crippen MR) is 38.4 cm³/mol. The van der Waals surface area contributed by atoms with Crippen LogP contribution in [0.25, 0.3) is 0 Å². The second kappa shape index (κ2) is 3.53. The SMILES string of the molecule is O=C1CC(OC(=O)CCl)C(=O)N1. The minimum Gasteiger partial charge on any atom is -0.451 e. The van der Waals surface area contributed by atoms with E-state index in [9.17, 15) is 14.4 Å². The van der Waals surface area contributed by atoms with E-state index in [0.717, 1.165) is 0 Å². The van der Waals surface area contributed by atoms with Gasteiger partial charge in [-0.3, -0.25) is 19.7 Å². The number of alkyl halides is 1. The summed E-state index contributed by atoms with van der Waals surface area (Å²) in [5, 5.41) is 2.00. The average Bonchev–Trinajstić information content (AvgIpc) is 2.30. The summed E-state index contributed by atoms with van der Waals surface area (Å²) in [7, 11) is 0. The summed E-state index contributed by atoms with van der Waals surface area (Å²) in [6.07, 6.45) is -1.11. The molecule has 1 rings (SSSR count). The monoisotopic (exact) mass is 191 g/mol. The van der Waals surface area contributed by atoms with Gasteiger partial charge in [-0.1, -0.05) is 0 Å². The molecule has 5 nitrogen and oxygen atoms in total. The van der Waals surface area contributed by atoms with Gasteiger partial charge in [0.15, 0.2) is 6.10 Å². The first-order valence-electron chi connectivity index (χ1n) is 3.22. The summed E-state index contributed by atoms with van der Waals surface area (Å²) in [6.45, 7) is 0. The second-order valence-electron chi connectivity index (χ2n) is 2.23. The molecule has 0 saturated carbocycles. The van der Waals surface area contributed by atoms with Crippen molar-refractivity contribution in [3.63, 3.8) is 0 Å². The zero-order valence-corrected chi connectivity index (χ0v) is 6.76. The van der Waals surface area contributed by atoms with Gasteiger partial charge < -0.3 is 4.74 Å². The second-order valence-corrected chi connectivity index (χ2v) is 2.50. The quantitative estimate of drug-likeness (QED) is 0.352. The van der Waals surface area contributed by atoms with Crippen LogP contribution in [0.3, 0.4) is 0 Å². The van der Waals surface area contributed by atoms with E-state index in [1.54, 1.807) is 0 Å². The Morgan fingerprint density at radius 2 is 2.33 bits per heavy atom. The van der Waals surface area contributed by atoms with Crippen LogP contribution in [0.4, 0.5) is 0 Å². The molecule has 0 aromatic heterocycles. The van der Waals surface area contributed by atoms with Crippen LogP contribution < -0.4 is 5.32 Å². The first kappa shape index (κ1) is 8.99. The third-order valence-corrected chi connectivity index (χ3v) is 1.53. The Hall–Kier alpha value is -1.10. The summed E-state index contributed by atoms with van der Waals surface area (Å²) in [4.78, 5) is 31.9. The van der Waals surface area contributed by atoms with E-state index < -0.39 is 23.9 Å². The molecule has 12 heavy (non-hydrogen) atoms.